The topological polar surface area (TPSA) is 91.0 Å². The third-order valence-corrected chi connectivity index (χ3v) is 5.93. The van der Waals surface area contributed by atoms with Gasteiger partial charge in [0, 0.05) is 17.3 Å². The van der Waals surface area contributed by atoms with Crippen LogP contribution in [0.5, 0.6) is 0 Å². The third-order valence-electron chi connectivity index (χ3n) is 5.62. The van der Waals surface area contributed by atoms with E-state index in [1.54, 1.807) is 28.8 Å². The maximum Gasteiger partial charge on any atom is 0.411 e. The van der Waals surface area contributed by atoms with E-state index in [9.17, 15) is 14.0 Å². The standard InChI is InChI=1S/C26H19ClFN5O3/c1-15-5-3-4-6-21(15)33-24(34)12-11-23(31-33)32-22-10-8-17(29-26(35)36-2)14-20(22)30-25(32)18-9-7-16(28)13-19(18)27/h3-14H,1-2H3,(H,29,35). The summed E-state index contributed by atoms with van der Waals surface area (Å²) in [6.45, 7) is 1.89. The number of ether oxygens (including phenoxy) is 1. The highest BCUT2D eigenvalue weighted by atomic mass is 35.5. The van der Waals surface area contributed by atoms with Gasteiger partial charge in [-0.3, -0.25) is 14.7 Å². The summed E-state index contributed by atoms with van der Waals surface area (Å²) in [5.74, 6) is 0.291. The van der Waals surface area contributed by atoms with E-state index in [2.05, 4.69) is 15.2 Å². The highest BCUT2D eigenvalue weighted by Crippen LogP contribution is 2.33. The Morgan fingerprint density at radius 3 is 2.61 bits per heavy atom. The number of halogens is 2. The molecule has 0 aliphatic rings. The number of imidazole rings is 1. The van der Waals surface area contributed by atoms with E-state index in [0.29, 0.717) is 39.6 Å². The molecule has 2 heterocycles. The number of para-hydroxylation sites is 1. The second-order valence-corrected chi connectivity index (χ2v) is 8.35. The summed E-state index contributed by atoms with van der Waals surface area (Å²) in [6, 6.07) is 19.5. The number of fused-ring (bicyclic) bond motifs is 1. The van der Waals surface area contributed by atoms with Crippen LogP contribution < -0.4 is 10.9 Å². The molecule has 0 bridgehead atoms. The van der Waals surface area contributed by atoms with Gasteiger partial charge in [-0.05, 0) is 61.0 Å². The number of carbonyl (C=O) groups is 1. The van der Waals surface area contributed by atoms with Crippen LogP contribution in [-0.4, -0.2) is 32.5 Å². The second kappa shape index (κ2) is 9.27. The Hall–Kier alpha value is -4.50. The molecule has 0 unspecified atom stereocenters. The van der Waals surface area contributed by atoms with Crippen molar-refractivity contribution in [2.24, 2.45) is 0 Å². The van der Waals surface area contributed by atoms with E-state index < -0.39 is 11.9 Å². The fourth-order valence-electron chi connectivity index (χ4n) is 3.90. The summed E-state index contributed by atoms with van der Waals surface area (Å²) in [5, 5.41) is 7.40. The van der Waals surface area contributed by atoms with Gasteiger partial charge in [0.05, 0.1) is 28.9 Å². The van der Waals surface area contributed by atoms with Crippen molar-refractivity contribution in [3.63, 3.8) is 0 Å². The molecule has 0 saturated carbocycles. The molecule has 0 atom stereocenters. The molecule has 0 spiro atoms. The quantitative estimate of drug-likeness (QED) is 0.349. The molecule has 5 rings (SSSR count). The van der Waals surface area contributed by atoms with Crippen LogP contribution in [0, 0.1) is 12.7 Å². The van der Waals surface area contributed by atoms with Crippen molar-refractivity contribution in [3.05, 3.63) is 99.6 Å². The van der Waals surface area contributed by atoms with Crippen molar-refractivity contribution in [2.75, 3.05) is 12.4 Å². The van der Waals surface area contributed by atoms with Gasteiger partial charge in [0.2, 0.25) is 0 Å². The fourth-order valence-corrected chi connectivity index (χ4v) is 4.16. The van der Waals surface area contributed by atoms with Crippen molar-refractivity contribution < 1.29 is 13.9 Å². The molecule has 8 nitrogen and oxygen atoms in total. The molecule has 5 aromatic rings. The van der Waals surface area contributed by atoms with E-state index in [1.165, 1.54) is 36.1 Å². The van der Waals surface area contributed by atoms with Crippen LogP contribution in [0.3, 0.4) is 0 Å². The molecule has 2 aromatic heterocycles. The Bertz CT molecular complexity index is 1700. The van der Waals surface area contributed by atoms with Gasteiger partial charge < -0.3 is 4.74 Å². The molecular formula is C26H19ClFN5O3. The summed E-state index contributed by atoms with van der Waals surface area (Å²) >= 11 is 6.40. The molecule has 10 heteroatoms. The molecule has 3 aromatic carbocycles. The minimum atomic E-state index is -0.623. The van der Waals surface area contributed by atoms with Crippen LogP contribution in [0.2, 0.25) is 5.02 Å². The number of aryl methyl sites for hydroxylation is 1. The maximum absolute atomic E-state index is 13.8. The molecule has 0 saturated heterocycles. The van der Waals surface area contributed by atoms with Crippen molar-refractivity contribution >= 4 is 34.4 Å². The zero-order valence-electron chi connectivity index (χ0n) is 19.2. The van der Waals surface area contributed by atoms with Gasteiger partial charge >= 0.3 is 6.09 Å². The first-order valence-electron chi connectivity index (χ1n) is 10.9. The van der Waals surface area contributed by atoms with E-state index >= 15 is 0 Å². The third kappa shape index (κ3) is 4.20. The first kappa shape index (κ1) is 23.3. The number of nitrogens with one attached hydrogen (secondary N) is 1. The molecule has 0 aliphatic carbocycles. The second-order valence-electron chi connectivity index (χ2n) is 7.94. The van der Waals surface area contributed by atoms with E-state index in [1.807, 2.05) is 31.2 Å². The van der Waals surface area contributed by atoms with Gasteiger partial charge in [-0.25, -0.2) is 14.2 Å². The fraction of sp³-hybridized carbons (Fsp3) is 0.0769. The average molecular weight is 504 g/mol. The van der Waals surface area contributed by atoms with Gasteiger partial charge in [-0.1, -0.05) is 29.8 Å². The Morgan fingerprint density at radius 1 is 1.06 bits per heavy atom. The number of aromatic nitrogens is 4. The zero-order chi connectivity index (χ0) is 25.4. The Labute approximate surface area is 209 Å². The predicted molar refractivity (Wildman–Crippen MR) is 136 cm³/mol. The Morgan fingerprint density at radius 2 is 1.86 bits per heavy atom. The SMILES string of the molecule is COC(=O)Nc1ccc2c(c1)nc(-c1ccc(F)cc1Cl)n2-c1ccc(=O)n(-c2ccccc2C)n1. The van der Waals surface area contributed by atoms with Crippen LogP contribution >= 0.6 is 11.6 Å². The molecule has 0 fully saturated rings. The largest absolute Gasteiger partial charge is 0.453 e. The lowest BCUT2D eigenvalue weighted by atomic mass is 10.2. The van der Waals surface area contributed by atoms with E-state index in [4.69, 9.17) is 16.6 Å². The molecule has 180 valence electrons. The van der Waals surface area contributed by atoms with Crippen LogP contribution in [0.25, 0.3) is 33.9 Å². The van der Waals surface area contributed by atoms with Crippen molar-refractivity contribution in [2.45, 2.75) is 6.92 Å². The van der Waals surface area contributed by atoms with Crippen LogP contribution in [0.1, 0.15) is 5.56 Å². The summed E-state index contributed by atoms with van der Waals surface area (Å²) in [5.41, 5.74) is 3.28. The zero-order valence-corrected chi connectivity index (χ0v) is 20.0. The van der Waals surface area contributed by atoms with Crippen molar-refractivity contribution in [1.29, 1.82) is 0 Å². The summed E-state index contributed by atoms with van der Waals surface area (Å²) in [7, 11) is 1.27. The number of methoxy groups -OCH3 is 1. The molecule has 36 heavy (non-hydrogen) atoms. The Balaban J connectivity index is 1.77. The van der Waals surface area contributed by atoms with Crippen LogP contribution in [-0.2, 0) is 4.74 Å². The van der Waals surface area contributed by atoms with Gasteiger partial charge in [-0.15, -0.1) is 5.10 Å². The van der Waals surface area contributed by atoms with Crippen LogP contribution in [0.4, 0.5) is 14.9 Å². The molecule has 0 radical (unpaired) electrons. The van der Waals surface area contributed by atoms with Crippen molar-refractivity contribution in [3.8, 4) is 22.9 Å². The average Bonchev–Trinajstić information content (AvgIpc) is 3.23. The minimum absolute atomic E-state index is 0.159. The number of nitrogens with zero attached hydrogens (tertiary/aromatic N) is 4. The lowest BCUT2D eigenvalue weighted by Crippen LogP contribution is -2.22. The number of benzene rings is 3. The highest BCUT2D eigenvalue weighted by molar-refractivity contribution is 6.33. The smallest absolute Gasteiger partial charge is 0.411 e. The number of anilines is 1. The number of amides is 1. The van der Waals surface area contributed by atoms with Gasteiger partial charge in [-0.2, -0.15) is 4.68 Å². The number of rotatable bonds is 4. The number of carbonyl (C=O) groups excluding carboxylic acids is 1. The minimum Gasteiger partial charge on any atom is -0.453 e. The van der Waals surface area contributed by atoms with Gasteiger partial charge in [0.1, 0.15) is 11.6 Å². The maximum atomic E-state index is 13.8. The number of hydrogen-bond donors (Lipinski definition) is 1. The van der Waals surface area contributed by atoms with Gasteiger partial charge in [0.25, 0.3) is 5.56 Å². The predicted octanol–water partition coefficient (Wildman–Crippen LogP) is 5.52. The lowest BCUT2D eigenvalue weighted by molar-refractivity contribution is 0.187. The summed E-state index contributed by atoms with van der Waals surface area (Å²) < 4.78 is 21.5. The van der Waals surface area contributed by atoms with Gasteiger partial charge in [0.15, 0.2) is 5.82 Å². The Kier molecular flexibility index (Phi) is 5.99. The first-order chi connectivity index (χ1) is 17.4. The van der Waals surface area contributed by atoms with Crippen molar-refractivity contribution in [1.82, 2.24) is 19.3 Å². The highest BCUT2D eigenvalue weighted by Gasteiger charge is 2.20. The monoisotopic (exact) mass is 503 g/mol. The summed E-state index contributed by atoms with van der Waals surface area (Å²) in [6.07, 6.45) is -0.623. The number of hydrogen-bond acceptors (Lipinski definition) is 5. The molecular weight excluding hydrogens is 485 g/mol. The van der Waals surface area contributed by atoms with Crippen LogP contribution in [0.15, 0.2) is 77.6 Å². The lowest BCUT2D eigenvalue weighted by Gasteiger charge is -2.13. The van der Waals surface area contributed by atoms with E-state index in [-0.39, 0.29) is 10.6 Å². The van der Waals surface area contributed by atoms with E-state index in [0.717, 1.165) is 5.56 Å². The normalized spacial score (nSPS) is 11.0. The molecule has 1 amide bonds. The molecule has 0 aliphatic heterocycles. The first-order valence-corrected chi connectivity index (χ1v) is 11.2. The summed E-state index contributed by atoms with van der Waals surface area (Å²) in [4.78, 5) is 29.1. The molecule has 1 N–H and O–H groups in total.